The van der Waals surface area contributed by atoms with Gasteiger partial charge in [-0.25, -0.2) is 0 Å². The van der Waals surface area contributed by atoms with Gasteiger partial charge in [0.2, 0.25) is 0 Å². The SMILES string of the molecule is CC(C(=N[N+](=O)Cc1ccccc1)c1ccc(OCCCN2CCCCC2)cc1)N1CCCCC1. The van der Waals surface area contributed by atoms with Gasteiger partial charge in [0.15, 0.2) is 4.87 Å². The Morgan fingerprint density at radius 2 is 1.57 bits per heavy atom. The number of nitrogens with zero attached hydrogens (tertiary/aromatic N) is 4. The van der Waals surface area contributed by atoms with Crippen LogP contribution in [0.25, 0.3) is 0 Å². The first kappa shape index (κ1) is 25.5. The van der Waals surface area contributed by atoms with Gasteiger partial charge in [0.25, 0.3) is 6.54 Å². The zero-order valence-corrected chi connectivity index (χ0v) is 21.3. The molecule has 0 N–H and O–H groups in total. The molecule has 2 heterocycles. The van der Waals surface area contributed by atoms with E-state index in [1.165, 1.54) is 51.6 Å². The topological polar surface area (TPSA) is 48.2 Å². The van der Waals surface area contributed by atoms with Crippen LogP contribution in [0.4, 0.5) is 0 Å². The van der Waals surface area contributed by atoms with Gasteiger partial charge in [-0.2, -0.15) is 0 Å². The maximum absolute atomic E-state index is 12.8. The van der Waals surface area contributed by atoms with Crippen molar-refractivity contribution in [3.05, 3.63) is 70.6 Å². The van der Waals surface area contributed by atoms with Gasteiger partial charge >= 0.3 is 0 Å². The molecule has 4 rings (SSSR count). The molecule has 0 saturated carbocycles. The fourth-order valence-corrected chi connectivity index (χ4v) is 5.14. The molecule has 2 aliphatic rings. The van der Waals surface area contributed by atoms with Crippen LogP contribution in [0.15, 0.2) is 59.7 Å². The lowest BCUT2D eigenvalue weighted by atomic mass is 10.0. The van der Waals surface area contributed by atoms with Gasteiger partial charge in [-0.3, -0.25) is 4.90 Å². The van der Waals surface area contributed by atoms with Gasteiger partial charge in [-0.15, -0.1) is 0 Å². The summed E-state index contributed by atoms with van der Waals surface area (Å²) in [6, 6.07) is 18.0. The molecule has 35 heavy (non-hydrogen) atoms. The minimum Gasteiger partial charge on any atom is -0.494 e. The molecule has 2 aromatic rings. The molecule has 2 fully saturated rings. The summed E-state index contributed by atoms with van der Waals surface area (Å²) >= 11 is 0. The summed E-state index contributed by atoms with van der Waals surface area (Å²) in [4.78, 5) is 18.7. The summed E-state index contributed by atoms with van der Waals surface area (Å²) in [7, 11) is 0. The van der Waals surface area contributed by atoms with Crippen LogP contribution in [0.1, 0.15) is 63.0 Å². The van der Waals surface area contributed by atoms with Crippen molar-refractivity contribution in [2.75, 3.05) is 39.3 Å². The standard InChI is InChI=1S/C29H41N4O2/c1-25(32-21-9-4-10-22-32)29(30-33(34)24-26-12-5-2-6-13-26)27-14-16-28(17-15-27)35-23-11-20-31-18-7-3-8-19-31/h2,5-6,12-17,25H,3-4,7-11,18-24H2,1H3/q+1. The summed E-state index contributed by atoms with van der Waals surface area (Å²) in [5.41, 5.74) is 2.77. The average molecular weight is 478 g/mol. The van der Waals surface area contributed by atoms with E-state index in [1.54, 1.807) is 0 Å². The van der Waals surface area contributed by atoms with E-state index in [-0.39, 0.29) is 12.6 Å². The van der Waals surface area contributed by atoms with Crippen LogP contribution in [-0.2, 0) is 6.54 Å². The fourth-order valence-electron chi connectivity index (χ4n) is 5.14. The first-order valence-electron chi connectivity index (χ1n) is 13.5. The quantitative estimate of drug-likeness (QED) is 0.186. The number of rotatable bonds is 11. The third-order valence-electron chi connectivity index (χ3n) is 7.20. The zero-order chi connectivity index (χ0) is 24.3. The van der Waals surface area contributed by atoms with Gasteiger partial charge in [-0.1, -0.05) is 43.2 Å². The smallest absolute Gasteiger partial charge is 0.253 e. The van der Waals surface area contributed by atoms with Crippen molar-refractivity contribution in [3.8, 4) is 5.75 Å². The first-order chi connectivity index (χ1) is 17.2. The molecule has 1 unspecified atom stereocenters. The van der Waals surface area contributed by atoms with Crippen LogP contribution in [0.2, 0.25) is 0 Å². The Labute approximate surface area is 210 Å². The molecular formula is C29H41N4O2+. The van der Waals surface area contributed by atoms with E-state index in [0.717, 1.165) is 60.1 Å². The number of hydrazone groups is 1. The lowest BCUT2D eigenvalue weighted by Gasteiger charge is -2.32. The molecule has 0 amide bonds. The van der Waals surface area contributed by atoms with E-state index in [9.17, 15) is 4.91 Å². The molecule has 1 atom stereocenters. The van der Waals surface area contributed by atoms with Crippen LogP contribution in [0.3, 0.4) is 0 Å². The molecule has 0 radical (unpaired) electrons. The molecule has 2 aliphatic heterocycles. The average Bonchev–Trinajstić information content (AvgIpc) is 2.91. The highest BCUT2D eigenvalue weighted by Gasteiger charge is 2.26. The molecular weight excluding hydrogens is 436 g/mol. The molecule has 2 aromatic carbocycles. The van der Waals surface area contributed by atoms with Crippen molar-refractivity contribution in [3.63, 3.8) is 0 Å². The largest absolute Gasteiger partial charge is 0.494 e. The third kappa shape index (κ3) is 7.97. The lowest BCUT2D eigenvalue weighted by Crippen LogP contribution is -2.42. The first-order valence-corrected chi connectivity index (χ1v) is 13.5. The number of ether oxygens (including phenoxy) is 1. The zero-order valence-electron chi connectivity index (χ0n) is 21.3. The van der Waals surface area contributed by atoms with Gasteiger partial charge in [-0.05, 0) is 89.5 Å². The van der Waals surface area contributed by atoms with Crippen molar-refractivity contribution in [2.24, 2.45) is 5.10 Å². The lowest BCUT2D eigenvalue weighted by molar-refractivity contribution is -0.570. The maximum atomic E-state index is 12.8. The summed E-state index contributed by atoms with van der Waals surface area (Å²) in [5.74, 6) is 0.876. The van der Waals surface area contributed by atoms with Gasteiger partial charge in [0, 0.05) is 22.8 Å². The van der Waals surface area contributed by atoms with Crippen LogP contribution in [0, 0.1) is 4.91 Å². The van der Waals surface area contributed by atoms with Crippen molar-refractivity contribution < 1.29 is 9.61 Å². The van der Waals surface area contributed by atoms with Crippen molar-refractivity contribution >= 4 is 5.71 Å². The van der Waals surface area contributed by atoms with Crippen molar-refractivity contribution in [2.45, 2.75) is 64.5 Å². The van der Waals surface area contributed by atoms with E-state index < -0.39 is 0 Å². The highest BCUT2D eigenvalue weighted by Crippen LogP contribution is 2.20. The number of hydrogen-bond acceptors (Lipinski definition) is 4. The Morgan fingerprint density at radius 1 is 0.914 bits per heavy atom. The van der Waals surface area contributed by atoms with Gasteiger partial charge < -0.3 is 9.64 Å². The molecule has 0 bridgehead atoms. The second-order valence-corrected chi connectivity index (χ2v) is 9.88. The Bertz CT molecular complexity index is 933. The van der Waals surface area contributed by atoms with E-state index >= 15 is 0 Å². The Balaban J connectivity index is 1.40. The van der Waals surface area contributed by atoms with Crippen molar-refractivity contribution in [1.82, 2.24) is 9.80 Å². The second-order valence-electron chi connectivity index (χ2n) is 9.88. The van der Waals surface area contributed by atoms with E-state index in [0.29, 0.717) is 0 Å². The monoisotopic (exact) mass is 477 g/mol. The number of hydrogen-bond donors (Lipinski definition) is 0. The highest BCUT2D eigenvalue weighted by atomic mass is 16.5. The third-order valence-corrected chi connectivity index (χ3v) is 7.20. The summed E-state index contributed by atoms with van der Waals surface area (Å²) in [6.07, 6.45) is 8.76. The van der Waals surface area contributed by atoms with Crippen LogP contribution in [0.5, 0.6) is 5.75 Å². The molecule has 6 nitrogen and oxygen atoms in total. The van der Waals surface area contributed by atoms with E-state index in [1.807, 2.05) is 42.5 Å². The van der Waals surface area contributed by atoms with Crippen LogP contribution < -0.4 is 4.74 Å². The Morgan fingerprint density at radius 3 is 2.26 bits per heavy atom. The fraction of sp³-hybridized carbons (Fsp3) is 0.552. The Kier molecular flexibility index (Phi) is 9.84. The van der Waals surface area contributed by atoms with Crippen LogP contribution in [-0.4, -0.2) is 65.8 Å². The Hall–Kier alpha value is -2.57. The maximum Gasteiger partial charge on any atom is 0.253 e. The molecule has 0 spiro atoms. The molecule has 188 valence electrons. The molecule has 2 saturated heterocycles. The molecule has 6 heteroatoms. The number of nitroso groups, excluding NO2 is 1. The predicted octanol–water partition coefficient (Wildman–Crippen LogP) is 5.50. The predicted molar refractivity (Wildman–Crippen MR) is 142 cm³/mol. The van der Waals surface area contributed by atoms with Gasteiger partial charge in [0.1, 0.15) is 11.5 Å². The van der Waals surface area contributed by atoms with Crippen molar-refractivity contribution in [1.29, 1.82) is 0 Å². The normalized spacial score (nSPS) is 18.8. The second kappa shape index (κ2) is 13.5. The van der Waals surface area contributed by atoms with Crippen LogP contribution >= 0.6 is 0 Å². The summed E-state index contributed by atoms with van der Waals surface area (Å²) in [5, 5.41) is 4.58. The minimum atomic E-state index is 0.0823. The van der Waals surface area contributed by atoms with E-state index in [2.05, 4.69) is 34.0 Å². The summed E-state index contributed by atoms with van der Waals surface area (Å²) < 4.78 is 6.02. The van der Waals surface area contributed by atoms with E-state index in [4.69, 9.17) is 4.74 Å². The minimum absolute atomic E-state index is 0.0823. The molecule has 0 aromatic heterocycles. The summed E-state index contributed by atoms with van der Waals surface area (Å²) in [6.45, 7) is 8.82. The number of likely N-dealkylation sites (tertiary alicyclic amines) is 2. The number of piperidine rings is 2. The molecule has 0 aliphatic carbocycles. The highest BCUT2D eigenvalue weighted by molar-refractivity contribution is 6.03. The van der Waals surface area contributed by atoms with Gasteiger partial charge in [0.05, 0.1) is 17.6 Å². The number of benzene rings is 2.